The van der Waals surface area contributed by atoms with Gasteiger partial charge in [0.05, 0.1) is 0 Å². The number of benzene rings is 1. The van der Waals surface area contributed by atoms with Crippen LogP contribution in [0.3, 0.4) is 0 Å². The van der Waals surface area contributed by atoms with Gasteiger partial charge in [-0.05, 0) is 43.2 Å². The van der Waals surface area contributed by atoms with E-state index in [2.05, 4.69) is 11.9 Å². The average Bonchev–Trinajstić information content (AvgIpc) is 2.72. The third-order valence-corrected chi connectivity index (χ3v) is 4.31. The lowest BCUT2D eigenvalue weighted by Gasteiger charge is -2.28. The number of carbonyl (C=O) groups excluding carboxylic acids is 4. The molecule has 31 heavy (non-hydrogen) atoms. The van der Waals surface area contributed by atoms with Crippen molar-refractivity contribution >= 4 is 29.4 Å². The van der Waals surface area contributed by atoms with E-state index in [0.717, 1.165) is 5.56 Å². The Morgan fingerprint density at radius 3 is 2.52 bits per heavy atom. The quantitative estimate of drug-likeness (QED) is 0.253. The van der Waals surface area contributed by atoms with Crippen LogP contribution >= 0.6 is 0 Å². The van der Waals surface area contributed by atoms with Gasteiger partial charge in [-0.3, -0.25) is 19.3 Å². The number of nitrogens with zero attached hydrogens (tertiary/aromatic N) is 1. The van der Waals surface area contributed by atoms with Crippen molar-refractivity contribution in [2.45, 2.75) is 26.2 Å². The Morgan fingerprint density at radius 2 is 1.94 bits per heavy atom. The van der Waals surface area contributed by atoms with Gasteiger partial charge in [-0.1, -0.05) is 30.9 Å². The molecule has 0 spiro atoms. The molecule has 1 aliphatic rings. The van der Waals surface area contributed by atoms with E-state index in [9.17, 15) is 19.2 Å². The molecule has 1 aromatic rings. The molecule has 164 valence electrons. The second kappa shape index (κ2) is 12.2. The normalized spacial score (nSPS) is 13.6. The summed E-state index contributed by atoms with van der Waals surface area (Å²) in [6.07, 6.45) is 7.57. The number of nitrogens with one attached hydrogen (secondary N) is 1. The summed E-state index contributed by atoms with van der Waals surface area (Å²) in [5, 5.41) is 2.66. The summed E-state index contributed by atoms with van der Waals surface area (Å²) in [6.45, 7) is 5.15. The SMILES string of the molecule is C=C/C=C(\C=C/C)OC(=O)COCC(=O)Nc1ccc(CCC(=O)N2CCC2=O)cc1. The van der Waals surface area contributed by atoms with Gasteiger partial charge in [-0.15, -0.1) is 0 Å². The number of esters is 1. The van der Waals surface area contributed by atoms with Crippen molar-refractivity contribution in [3.8, 4) is 0 Å². The first-order chi connectivity index (χ1) is 14.9. The van der Waals surface area contributed by atoms with Crippen LogP contribution in [-0.4, -0.2) is 48.3 Å². The standard InChI is InChI=1S/C23H26N2O6/c1-3-5-19(6-4-2)31-23(29)16-30-15-20(26)24-18-10-7-17(8-11-18)9-12-21(27)25-14-13-22(25)28/h3-8,10-11H,1,9,12-16H2,2H3,(H,24,26)/b6-4-,19-5+. The smallest absolute Gasteiger partial charge is 0.337 e. The van der Waals surface area contributed by atoms with Gasteiger partial charge in [-0.25, -0.2) is 4.79 Å². The number of hydrogen-bond acceptors (Lipinski definition) is 6. The third-order valence-electron chi connectivity index (χ3n) is 4.31. The highest BCUT2D eigenvalue weighted by Gasteiger charge is 2.29. The van der Waals surface area contributed by atoms with Crippen molar-refractivity contribution in [1.29, 1.82) is 0 Å². The molecule has 0 radical (unpaired) electrons. The number of amides is 3. The van der Waals surface area contributed by atoms with E-state index in [1.807, 2.05) is 0 Å². The summed E-state index contributed by atoms with van der Waals surface area (Å²) in [7, 11) is 0. The van der Waals surface area contributed by atoms with Gasteiger partial charge in [0.2, 0.25) is 17.7 Å². The molecule has 1 heterocycles. The fourth-order valence-electron chi connectivity index (χ4n) is 2.71. The first kappa shape index (κ1) is 23.8. The van der Waals surface area contributed by atoms with Gasteiger partial charge in [0.25, 0.3) is 0 Å². The fourth-order valence-corrected chi connectivity index (χ4v) is 2.71. The summed E-state index contributed by atoms with van der Waals surface area (Å²) in [5.74, 6) is -0.999. The van der Waals surface area contributed by atoms with Crippen LogP contribution in [0.1, 0.15) is 25.3 Å². The van der Waals surface area contributed by atoms with Crippen molar-refractivity contribution < 1.29 is 28.7 Å². The van der Waals surface area contributed by atoms with E-state index < -0.39 is 11.9 Å². The van der Waals surface area contributed by atoms with E-state index in [0.29, 0.717) is 30.8 Å². The van der Waals surface area contributed by atoms with Crippen LogP contribution in [0, 0.1) is 0 Å². The van der Waals surface area contributed by atoms with Gasteiger partial charge in [0.15, 0.2) is 0 Å². The summed E-state index contributed by atoms with van der Waals surface area (Å²) in [6, 6.07) is 7.02. The van der Waals surface area contributed by atoms with Gasteiger partial charge in [0.1, 0.15) is 19.0 Å². The van der Waals surface area contributed by atoms with Crippen LogP contribution in [0.5, 0.6) is 0 Å². The molecule has 0 aromatic heterocycles. The minimum absolute atomic E-state index is 0.120. The Balaban J connectivity index is 1.69. The Hall–Kier alpha value is -3.52. The van der Waals surface area contributed by atoms with Gasteiger partial charge in [-0.2, -0.15) is 0 Å². The number of hydrogen-bond donors (Lipinski definition) is 1. The number of likely N-dealkylation sites (tertiary alicyclic amines) is 1. The fraction of sp³-hybridized carbons (Fsp3) is 0.304. The van der Waals surface area contributed by atoms with Gasteiger partial charge in [0, 0.05) is 25.1 Å². The average molecular weight is 426 g/mol. The van der Waals surface area contributed by atoms with Crippen LogP contribution in [0.15, 0.2) is 60.9 Å². The predicted octanol–water partition coefficient (Wildman–Crippen LogP) is 2.52. The molecule has 1 fully saturated rings. The van der Waals surface area contributed by atoms with E-state index in [1.165, 1.54) is 17.1 Å². The number of imide groups is 1. The summed E-state index contributed by atoms with van der Waals surface area (Å²) in [4.78, 5) is 48.1. The van der Waals surface area contributed by atoms with Crippen LogP contribution < -0.4 is 5.32 Å². The van der Waals surface area contributed by atoms with E-state index in [1.54, 1.807) is 43.3 Å². The predicted molar refractivity (Wildman–Crippen MR) is 115 cm³/mol. The number of carbonyl (C=O) groups is 4. The summed E-state index contributed by atoms with van der Waals surface area (Å²) < 4.78 is 10.2. The minimum Gasteiger partial charge on any atom is -0.425 e. The van der Waals surface area contributed by atoms with Crippen LogP contribution in [0.2, 0.25) is 0 Å². The molecule has 1 aromatic carbocycles. The highest BCUT2D eigenvalue weighted by molar-refractivity contribution is 5.99. The Morgan fingerprint density at radius 1 is 1.19 bits per heavy atom. The second-order valence-corrected chi connectivity index (χ2v) is 6.71. The molecule has 8 heteroatoms. The largest absolute Gasteiger partial charge is 0.425 e. The maximum absolute atomic E-state index is 12.0. The molecule has 0 aliphatic carbocycles. The lowest BCUT2D eigenvalue weighted by molar-refractivity contribution is -0.152. The van der Waals surface area contributed by atoms with Crippen molar-refractivity contribution in [2.24, 2.45) is 0 Å². The molecule has 1 saturated heterocycles. The zero-order chi connectivity index (χ0) is 22.6. The summed E-state index contributed by atoms with van der Waals surface area (Å²) in [5.41, 5.74) is 1.48. The first-order valence-electron chi connectivity index (χ1n) is 9.88. The Kier molecular flexibility index (Phi) is 9.38. The monoisotopic (exact) mass is 426 g/mol. The lowest BCUT2D eigenvalue weighted by Crippen LogP contribution is -2.47. The molecule has 0 atom stereocenters. The van der Waals surface area contributed by atoms with Crippen LogP contribution in [-0.2, 0) is 35.1 Å². The van der Waals surface area contributed by atoms with Crippen molar-refractivity contribution in [1.82, 2.24) is 4.90 Å². The maximum Gasteiger partial charge on any atom is 0.337 e. The second-order valence-electron chi connectivity index (χ2n) is 6.71. The molecule has 0 unspecified atom stereocenters. The minimum atomic E-state index is -0.627. The number of anilines is 1. The summed E-state index contributed by atoms with van der Waals surface area (Å²) >= 11 is 0. The molecule has 1 aliphatic heterocycles. The number of rotatable bonds is 11. The highest BCUT2D eigenvalue weighted by Crippen LogP contribution is 2.14. The number of aryl methyl sites for hydroxylation is 1. The molecule has 0 bridgehead atoms. The van der Waals surface area contributed by atoms with E-state index in [4.69, 9.17) is 9.47 Å². The zero-order valence-electron chi connectivity index (χ0n) is 17.5. The zero-order valence-corrected chi connectivity index (χ0v) is 17.5. The Bertz CT molecular complexity index is 886. The van der Waals surface area contributed by atoms with Gasteiger partial charge < -0.3 is 14.8 Å². The molecule has 3 amide bonds. The maximum atomic E-state index is 12.0. The highest BCUT2D eigenvalue weighted by atomic mass is 16.6. The molecular weight excluding hydrogens is 400 g/mol. The van der Waals surface area contributed by atoms with Crippen molar-refractivity contribution in [3.63, 3.8) is 0 Å². The van der Waals surface area contributed by atoms with Crippen LogP contribution in [0.25, 0.3) is 0 Å². The van der Waals surface area contributed by atoms with Crippen molar-refractivity contribution in [2.75, 3.05) is 25.1 Å². The number of ether oxygens (including phenoxy) is 2. The first-order valence-corrected chi connectivity index (χ1v) is 9.88. The lowest BCUT2D eigenvalue weighted by atomic mass is 10.1. The number of β-lactam (4-membered cyclic amide) rings is 1. The van der Waals surface area contributed by atoms with Crippen LogP contribution in [0.4, 0.5) is 5.69 Å². The van der Waals surface area contributed by atoms with E-state index in [-0.39, 0.29) is 31.4 Å². The van der Waals surface area contributed by atoms with Gasteiger partial charge >= 0.3 is 5.97 Å². The molecule has 2 rings (SSSR count). The van der Waals surface area contributed by atoms with E-state index >= 15 is 0 Å². The molecule has 8 nitrogen and oxygen atoms in total. The number of allylic oxidation sites excluding steroid dienone is 4. The topological polar surface area (TPSA) is 102 Å². The Labute approximate surface area is 181 Å². The molecule has 1 N–H and O–H groups in total. The molecule has 0 saturated carbocycles. The van der Waals surface area contributed by atoms with Crippen molar-refractivity contribution in [3.05, 3.63) is 66.5 Å². The molecular formula is C23H26N2O6. The third kappa shape index (κ3) is 8.02.